The second kappa shape index (κ2) is 6.89. The van der Waals surface area contributed by atoms with Gasteiger partial charge >= 0.3 is 0 Å². The zero-order valence-corrected chi connectivity index (χ0v) is 14.8. The molecular formula is C17H14F2N2O2S2. The summed E-state index contributed by atoms with van der Waals surface area (Å²) < 4.78 is 53.9. The van der Waals surface area contributed by atoms with E-state index in [1.165, 1.54) is 53.8 Å². The van der Waals surface area contributed by atoms with Crippen LogP contribution >= 0.6 is 11.3 Å². The van der Waals surface area contributed by atoms with Gasteiger partial charge in [0.25, 0.3) is 10.0 Å². The number of rotatable bonds is 5. The third kappa shape index (κ3) is 3.85. The number of anilines is 1. The summed E-state index contributed by atoms with van der Waals surface area (Å²) in [6.07, 6.45) is 0. The molecule has 0 aliphatic rings. The van der Waals surface area contributed by atoms with Crippen LogP contribution in [0.15, 0.2) is 58.8 Å². The first-order valence-corrected chi connectivity index (χ1v) is 9.63. The highest BCUT2D eigenvalue weighted by molar-refractivity contribution is 7.92. The van der Waals surface area contributed by atoms with Gasteiger partial charge in [-0.3, -0.25) is 4.31 Å². The number of benzene rings is 2. The first kappa shape index (κ1) is 17.5. The third-order valence-corrected chi connectivity index (χ3v) is 6.06. The summed E-state index contributed by atoms with van der Waals surface area (Å²) in [6.45, 7) is 1.78. The number of hydrogen-bond donors (Lipinski definition) is 0. The van der Waals surface area contributed by atoms with E-state index in [9.17, 15) is 17.2 Å². The standard InChI is InChI=1S/C17H14F2N2O2S2/c1-12-20-15(11-24-12)10-21(16-7-5-13(18)6-8-16)25(22,23)17-4-2-3-14(19)9-17/h2-9,11H,10H2,1H3. The van der Waals surface area contributed by atoms with Gasteiger partial charge < -0.3 is 0 Å². The lowest BCUT2D eigenvalue weighted by atomic mass is 10.3. The van der Waals surface area contributed by atoms with Crippen LogP contribution in [0.1, 0.15) is 10.7 Å². The molecule has 0 saturated carbocycles. The predicted octanol–water partition coefficient (Wildman–Crippen LogP) is 4.13. The molecule has 0 aliphatic carbocycles. The van der Waals surface area contributed by atoms with Crippen molar-refractivity contribution >= 4 is 27.0 Å². The number of sulfonamides is 1. The van der Waals surface area contributed by atoms with E-state index >= 15 is 0 Å². The first-order valence-electron chi connectivity index (χ1n) is 7.31. The summed E-state index contributed by atoms with van der Waals surface area (Å²) in [5, 5.41) is 2.56. The van der Waals surface area contributed by atoms with Crippen molar-refractivity contribution in [3.05, 3.63) is 76.2 Å². The Hall–Kier alpha value is -2.32. The lowest BCUT2D eigenvalue weighted by Crippen LogP contribution is -2.30. The molecule has 0 amide bonds. The highest BCUT2D eigenvalue weighted by Gasteiger charge is 2.26. The zero-order valence-electron chi connectivity index (χ0n) is 13.2. The largest absolute Gasteiger partial charge is 0.264 e. The number of thiazole rings is 1. The molecule has 0 spiro atoms. The van der Waals surface area contributed by atoms with E-state index < -0.39 is 21.7 Å². The Morgan fingerprint density at radius 2 is 1.80 bits per heavy atom. The number of halogens is 2. The molecule has 3 rings (SSSR count). The minimum atomic E-state index is -4.04. The Morgan fingerprint density at radius 3 is 2.40 bits per heavy atom. The lowest BCUT2D eigenvalue weighted by molar-refractivity contribution is 0.585. The predicted molar refractivity (Wildman–Crippen MR) is 93.0 cm³/mol. The van der Waals surface area contributed by atoms with Crippen molar-refractivity contribution in [2.45, 2.75) is 18.4 Å². The van der Waals surface area contributed by atoms with Crippen LogP contribution in [0.4, 0.5) is 14.5 Å². The molecule has 8 heteroatoms. The van der Waals surface area contributed by atoms with Gasteiger partial charge in [-0.15, -0.1) is 11.3 Å². The van der Waals surface area contributed by atoms with Crippen LogP contribution in [0.2, 0.25) is 0 Å². The van der Waals surface area contributed by atoms with Gasteiger partial charge in [-0.1, -0.05) is 6.07 Å². The summed E-state index contributed by atoms with van der Waals surface area (Å²) in [5.74, 6) is -1.12. The van der Waals surface area contributed by atoms with E-state index in [-0.39, 0.29) is 17.1 Å². The minimum absolute atomic E-state index is 0.0329. The van der Waals surface area contributed by atoms with Gasteiger partial charge in [0.2, 0.25) is 0 Å². The van der Waals surface area contributed by atoms with Crippen molar-refractivity contribution in [2.75, 3.05) is 4.31 Å². The average molecular weight is 380 g/mol. The summed E-state index contributed by atoms with van der Waals surface area (Å²) in [7, 11) is -4.04. The summed E-state index contributed by atoms with van der Waals surface area (Å²) in [5.41, 5.74) is 0.836. The maximum absolute atomic E-state index is 13.5. The molecule has 4 nitrogen and oxygen atoms in total. The molecule has 0 aliphatic heterocycles. The molecule has 1 aromatic heterocycles. The van der Waals surface area contributed by atoms with Crippen LogP contribution in [0, 0.1) is 18.6 Å². The molecule has 3 aromatic rings. The normalized spacial score (nSPS) is 11.5. The fourth-order valence-corrected chi connectivity index (χ4v) is 4.38. The summed E-state index contributed by atoms with van der Waals surface area (Å²) in [4.78, 5) is 4.11. The second-order valence-electron chi connectivity index (χ2n) is 5.30. The van der Waals surface area contributed by atoms with Gasteiger partial charge in [-0.05, 0) is 49.4 Å². The zero-order chi connectivity index (χ0) is 18.0. The van der Waals surface area contributed by atoms with E-state index in [0.717, 1.165) is 15.4 Å². The molecule has 1 heterocycles. The SMILES string of the molecule is Cc1nc(CN(c2ccc(F)cc2)S(=O)(=O)c2cccc(F)c2)cs1. The van der Waals surface area contributed by atoms with Crippen molar-refractivity contribution in [3.8, 4) is 0 Å². The van der Waals surface area contributed by atoms with Crippen molar-refractivity contribution in [3.63, 3.8) is 0 Å². The molecule has 2 aromatic carbocycles. The molecule has 0 N–H and O–H groups in total. The molecule has 0 radical (unpaired) electrons. The van der Waals surface area contributed by atoms with Crippen LogP contribution in [0.25, 0.3) is 0 Å². The van der Waals surface area contributed by atoms with Gasteiger partial charge in [0.1, 0.15) is 11.6 Å². The molecule has 0 unspecified atom stereocenters. The average Bonchev–Trinajstić information content (AvgIpc) is 2.99. The third-order valence-electron chi connectivity index (χ3n) is 3.47. The maximum Gasteiger partial charge on any atom is 0.264 e. The number of aryl methyl sites for hydroxylation is 1. The molecular weight excluding hydrogens is 366 g/mol. The number of aromatic nitrogens is 1. The van der Waals surface area contributed by atoms with Crippen LogP contribution in [-0.4, -0.2) is 13.4 Å². The van der Waals surface area contributed by atoms with Crippen molar-refractivity contribution in [1.82, 2.24) is 4.98 Å². The Bertz CT molecular complexity index is 986. The van der Waals surface area contributed by atoms with Crippen molar-refractivity contribution in [2.24, 2.45) is 0 Å². The quantitative estimate of drug-likeness (QED) is 0.669. The topological polar surface area (TPSA) is 50.3 Å². The van der Waals surface area contributed by atoms with Crippen molar-refractivity contribution < 1.29 is 17.2 Å². The van der Waals surface area contributed by atoms with E-state index in [1.54, 1.807) is 5.38 Å². The summed E-state index contributed by atoms with van der Waals surface area (Å²) in [6, 6.07) is 9.87. The fourth-order valence-electron chi connectivity index (χ4n) is 2.31. The maximum atomic E-state index is 13.5. The number of hydrogen-bond acceptors (Lipinski definition) is 4. The molecule has 0 bridgehead atoms. The Balaban J connectivity index is 2.07. The van der Waals surface area contributed by atoms with Crippen LogP contribution in [0.3, 0.4) is 0 Å². The second-order valence-corrected chi connectivity index (χ2v) is 8.23. The van der Waals surface area contributed by atoms with E-state index in [2.05, 4.69) is 4.98 Å². The number of nitrogens with zero attached hydrogens (tertiary/aromatic N) is 2. The Kier molecular flexibility index (Phi) is 4.82. The lowest BCUT2D eigenvalue weighted by Gasteiger charge is -2.24. The highest BCUT2D eigenvalue weighted by atomic mass is 32.2. The smallest absolute Gasteiger partial charge is 0.260 e. The minimum Gasteiger partial charge on any atom is -0.260 e. The Labute approximate surface area is 148 Å². The van der Waals surface area contributed by atoms with Crippen molar-refractivity contribution in [1.29, 1.82) is 0 Å². The molecule has 0 fully saturated rings. The first-order chi connectivity index (χ1) is 11.9. The van der Waals surface area contributed by atoms with Crippen LogP contribution < -0.4 is 4.31 Å². The Morgan fingerprint density at radius 1 is 1.08 bits per heavy atom. The van der Waals surface area contributed by atoms with Gasteiger partial charge in [0, 0.05) is 5.38 Å². The van der Waals surface area contributed by atoms with E-state index in [1.807, 2.05) is 6.92 Å². The van der Waals surface area contributed by atoms with Crippen LogP contribution in [0.5, 0.6) is 0 Å². The molecule has 0 atom stereocenters. The molecule has 130 valence electrons. The fraction of sp³-hybridized carbons (Fsp3) is 0.118. The van der Waals surface area contributed by atoms with E-state index in [4.69, 9.17) is 0 Å². The monoisotopic (exact) mass is 380 g/mol. The van der Waals surface area contributed by atoms with Gasteiger partial charge in [0.05, 0.1) is 27.8 Å². The highest BCUT2D eigenvalue weighted by Crippen LogP contribution is 2.27. The van der Waals surface area contributed by atoms with Crippen LogP contribution in [-0.2, 0) is 16.6 Å². The summed E-state index contributed by atoms with van der Waals surface area (Å²) >= 11 is 1.40. The van der Waals surface area contributed by atoms with Gasteiger partial charge in [-0.2, -0.15) is 0 Å². The van der Waals surface area contributed by atoms with Gasteiger partial charge in [0.15, 0.2) is 0 Å². The van der Waals surface area contributed by atoms with E-state index in [0.29, 0.717) is 5.69 Å². The van der Waals surface area contributed by atoms with Gasteiger partial charge in [-0.25, -0.2) is 22.2 Å². The molecule has 25 heavy (non-hydrogen) atoms. The molecule has 0 saturated heterocycles.